The smallest absolute Gasteiger partial charge is 0.253 e. The zero-order chi connectivity index (χ0) is 14.3. The standard InChI is InChI=1S/C12H19ClN4OS/c1-3-19-5-4-8(2)16-12(18)9-6-10(13)11(17-14)15-7-9/h6-8H,3-5,14H2,1-2H3,(H,15,17)(H,16,18). The van der Waals surface area contributed by atoms with E-state index < -0.39 is 0 Å². The first kappa shape index (κ1) is 16.1. The number of anilines is 1. The van der Waals surface area contributed by atoms with E-state index in [1.54, 1.807) is 6.07 Å². The van der Waals surface area contributed by atoms with Crippen LogP contribution in [-0.4, -0.2) is 28.4 Å². The number of thioether (sulfide) groups is 1. The Hall–Kier alpha value is -0.980. The van der Waals surface area contributed by atoms with E-state index in [1.165, 1.54) is 6.20 Å². The quantitative estimate of drug-likeness (QED) is 0.409. The highest BCUT2D eigenvalue weighted by Crippen LogP contribution is 2.19. The first-order valence-electron chi connectivity index (χ1n) is 6.09. The van der Waals surface area contributed by atoms with E-state index >= 15 is 0 Å². The van der Waals surface area contributed by atoms with Gasteiger partial charge in [0.05, 0.1) is 10.6 Å². The molecule has 106 valence electrons. The summed E-state index contributed by atoms with van der Waals surface area (Å²) in [4.78, 5) is 15.9. The van der Waals surface area contributed by atoms with Crippen LogP contribution in [0.2, 0.25) is 5.02 Å². The van der Waals surface area contributed by atoms with Crippen LogP contribution in [0.4, 0.5) is 5.82 Å². The van der Waals surface area contributed by atoms with Crippen LogP contribution < -0.4 is 16.6 Å². The molecule has 1 amide bonds. The van der Waals surface area contributed by atoms with Crippen molar-refractivity contribution in [2.75, 3.05) is 16.9 Å². The molecular weight excluding hydrogens is 284 g/mol. The van der Waals surface area contributed by atoms with Gasteiger partial charge >= 0.3 is 0 Å². The Morgan fingerprint density at radius 3 is 2.95 bits per heavy atom. The van der Waals surface area contributed by atoms with Gasteiger partial charge < -0.3 is 10.7 Å². The van der Waals surface area contributed by atoms with Crippen molar-refractivity contribution in [3.8, 4) is 0 Å². The average molecular weight is 303 g/mol. The molecule has 19 heavy (non-hydrogen) atoms. The van der Waals surface area contributed by atoms with Crippen LogP contribution in [-0.2, 0) is 0 Å². The fourth-order valence-corrected chi connectivity index (χ4v) is 2.48. The van der Waals surface area contributed by atoms with Crippen molar-refractivity contribution < 1.29 is 4.79 Å². The largest absolute Gasteiger partial charge is 0.350 e. The van der Waals surface area contributed by atoms with Gasteiger partial charge in [-0.15, -0.1) is 0 Å². The number of hydrazine groups is 1. The van der Waals surface area contributed by atoms with Crippen molar-refractivity contribution in [1.82, 2.24) is 10.3 Å². The summed E-state index contributed by atoms with van der Waals surface area (Å²) in [5, 5.41) is 3.24. The van der Waals surface area contributed by atoms with Gasteiger partial charge in [0.25, 0.3) is 5.91 Å². The van der Waals surface area contributed by atoms with Crippen LogP contribution in [0.15, 0.2) is 12.3 Å². The predicted octanol–water partition coefficient (Wildman–Crippen LogP) is 2.28. The number of nitrogen functional groups attached to an aromatic ring is 1. The Kier molecular flexibility index (Phi) is 6.97. The Labute approximate surface area is 122 Å². The second kappa shape index (κ2) is 8.24. The third-order valence-electron chi connectivity index (χ3n) is 2.52. The second-order valence-electron chi connectivity index (χ2n) is 4.06. The fourth-order valence-electron chi connectivity index (χ4n) is 1.45. The van der Waals surface area contributed by atoms with Gasteiger partial charge in [-0.1, -0.05) is 18.5 Å². The normalized spacial score (nSPS) is 12.0. The monoisotopic (exact) mass is 302 g/mol. The Bertz CT molecular complexity index is 430. The number of amides is 1. The maximum atomic E-state index is 12.0. The summed E-state index contributed by atoms with van der Waals surface area (Å²) in [6.45, 7) is 4.10. The first-order valence-corrected chi connectivity index (χ1v) is 7.62. The van der Waals surface area contributed by atoms with E-state index in [2.05, 4.69) is 22.7 Å². The molecule has 1 heterocycles. The highest BCUT2D eigenvalue weighted by atomic mass is 35.5. The summed E-state index contributed by atoms with van der Waals surface area (Å²) in [5.41, 5.74) is 2.79. The summed E-state index contributed by atoms with van der Waals surface area (Å²) in [7, 11) is 0. The lowest BCUT2D eigenvalue weighted by molar-refractivity contribution is 0.0939. The van der Waals surface area contributed by atoms with Gasteiger partial charge in [-0.3, -0.25) is 4.79 Å². The number of halogens is 1. The molecule has 1 atom stereocenters. The van der Waals surface area contributed by atoms with Gasteiger partial charge in [0.2, 0.25) is 0 Å². The lowest BCUT2D eigenvalue weighted by Gasteiger charge is -2.13. The SMILES string of the molecule is CCSCCC(C)NC(=O)c1cnc(NN)c(Cl)c1. The molecule has 0 aromatic carbocycles. The van der Waals surface area contributed by atoms with Gasteiger partial charge in [0, 0.05) is 12.2 Å². The van der Waals surface area contributed by atoms with Crippen molar-refractivity contribution >= 4 is 35.1 Å². The van der Waals surface area contributed by atoms with E-state index in [0.717, 1.165) is 17.9 Å². The van der Waals surface area contributed by atoms with E-state index in [4.69, 9.17) is 17.4 Å². The minimum Gasteiger partial charge on any atom is -0.350 e. The number of carbonyl (C=O) groups is 1. The number of hydrogen-bond acceptors (Lipinski definition) is 5. The first-order chi connectivity index (χ1) is 9.08. The fraction of sp³-hybridized carbons (Fsp3) is 0.500. The molecule has 4 N–H and O–H groups in total. The number of nitrogens with zero attached hydrogens (tertiary/aromatic N) is 1. The molecule has 0 aliphatic carbocycles. The van der Waals surface area contributed by atoms with Crippen molar-refractivity contribution in [1.29, 1.82) is 0 Å². The summed E-state index contributed by atoms with van der Waals surface area (Å²) in [5.74, 6) is 7.53. The highest BCUT2D eigenvalue weighted by molar-refractivity contribution is 7.99. The van der Waals surface area contributed by atoms with Gasteiger partial charge in [0.15, 0.2) is 5.82 Å². The molecule has 5 nitrogen and oxygen atoms in total. The number of hydrogen-bond donors (Lipinski definition) is 3. The lowest BCUT2D eigenvalue weighted by atomic mass is 10.2. The summed E-state index contributed by atoms with van der Waals surface area (Å²) >= 11 is 7.78. The highest BCUT2D eigenvalue weighted by Gasteiger charge is 2.12. The van der Waals surface area contributed by atoms with Crippen molar-refractivity contribution in [3.05, 3.63) is 22.8 Å². The van der Waals surface area contributed by atoms with E-state index in [1.807, 2.05) is 18.7 Å². The van der Waals surface area contributed by atoms with Gasteiger partial charge in [0.1, 0.15) is 0 Å². The molecule has 0 radical (unpaired) electrons. The molecule has 1 unspecified atom stereocenters. The zero-order valence-electron chi connectivity index (χ0n) is 11.1. The second-order valence-corrected chi connectivity index (χ2v) is 5.86. The van der Waals surface area contributed by atoms with Crippen molar-refractivity contribution in [3.63, 3.8) is 0 Å². The molecule has 0 fully saturated rings. The third kappa shape index (κ3) is 5.26. The van der Waals surface area contributed by atoms with Crippen LogP contribution in [0.25, 0.3) is 0 Å². The van der Waals surface area contributed by atoms with Gasteiger partial charge in [-0.25, -0.2) is 10.8 Å². The minimum atomic E-state index is -0.174. The molecule has 0 aliphatic rings. The molecule has 7 heteroatoms. The molecule has 1 rings (SSSR count). The van der Waals surface area contributed by atoms with Crippen LogP contribution >= 0.6 is 23.4 Å². The average Bonchev–Trinajstić information content (AvgIpc) is 2.38. The number of nitrogens with two attached hydrogens (primary N) is 1. The molecule has 0 saturated carbocycles. The van der Waals surface area contributed by atoms with Crippen LogP contribution in [0.1, 0.15) is 30.6 Å². The zero-order valence-corrected chi connectivity index (χ0v) is 12.6. The molecule has 0 spiro atoms. The number of nitrogens with one attached hydrogen (secondary N) is 2. The third-order valence-corrected chi connectivity index (χ3v) is 3.74. The molecule has 1 aromatic rings. The molecule has 1 aromatic heterocycles. The number of carbonyl (C=O) groups excluding carboxylic acids is 1. The van der Waals surface area contributed by atoms with Crippen molar-refractivity contribution in [2.45, 2.75) is 26.3 Å². The number of rotatable bonds is 7. The summed E-state index contributed by atoms with van der Waals surface area (Å²) < 4.78 is 0. The minimum absolute atomic E-state index is 0.123. The summed E-state index contributed by atoms with van der Waals surface area (Å²) in [6.07, 6.45) is 2.39. The molecule has 0 bridgehead atoms. The molecular formula is C12H19ClN4OS. The van der Waals surface area contributed by atoms with Crippen LogP contribution in [0, 0.1) is 0 Å². The Morgan fingerprint density at radius 2 is 2.37 bits per heavy atom. The van der Waals surface area contributed by atoms with Crippen LogP contribution in [0.3, 0.4) is 0 Å². The predicted molar refractivity (Wildman–Crippen MR) is 81.6 cm³/mol. The van der Waals surface area contributed by atoms with E-state index in [0.29, 0.717) is 16.4 Å². The van der Waals surface area contributed by atoms with E-state index in [-0.39, 0.29) is 11.9 Å². The van der Waals surface area contributed by atoms with Gasteiger partial charge in [-0.2, -0.15) is 11.8 Å². The molecule has 0 saturated heterocycles. The lowest BCUT2D eigenvalue weighted by Crippen LogP contribution is -2.33. The Balaban J connectivity index is 2.55. The number of aromatic nitrogens is 1. The molecule has 0 aliphatic heterocycles. The Morgan fingerprint density at radius 1 is 1.63 bits per heavy atom. The topological polar surface area (TPSA) is 80.0 Å². The van der Waals surface area contributed by atoms with Crippen molar-refractivity contribution in [2.24, 2.45) is 5.84 Å². The van der Waals surface area contributed by atoms with Gasteiger partial charge in [-0.05, 0) is 30.9 Å². The summed E-state index contributed by atoms with van der Waals surface area (Å²) in [6, 6.07) is 1.67. The maximum Gasteiger partial charge on any atom is 0.253 e. The number of pyridine rings is 1. The van der Waals surface area contributed by atoms with Crippen LogP contribution in [0.5, 0.6) is 0 Å². The van der Waals surface area contributed by atoms with E-state index in [9.17, 15) is 4.79 Å². The maximum absolute atomic E-state index is 12.0.